The molecule has 38 heavy (non-hydrogen) atoms. The van der Waals surface area contributed by atoms with Crippen LogP contribution in [-0.4, -0.2) is 44.3 Å². The van der Waals surface area contributed by atoms with Crippen LogP contribution in [0.2, 0.25) is 5.02 Å². The van der Waals surface area contributed by atoms with Gasteiger partial charge in [0.15, 0.2) is 0 Å². The van der Waals surface area contributed by atoms with Crippen LogP contribution in [0, 0.1) is 13.8 Å². The van der Waals surface area contributed by atoms with Gasteiger partial charge in [0.25, 0.3) is 10.0 Å². The standard InChI is InChI=1S/C29H34ClN3O4S/c1-5-26(29(35)31-6-2)32(19-23-14-12-21(3)13-15-23)28(34)20-33(27-17-16-24(30)18-22(27)4)38(36,37)25-10-8-7-9-11-25/h7-18,26H,5-6,19-20H2,1-4H3,(H,31,35). The third-order valence-corrected chi connectivity index (χ3v) is 8.26. The van der Waals surface area contributed by atoms with E-state index in [9.17, 15) is 18.0 Å². The molecule has 0 radical (unpaired) electrons. The molecular formula is C29H34ClN3O4S. The van der Waals surface area contributed by atoms with Crippen LogP contribution in [-0.2, 0) is 26.2 Å². The number of benzene rings is 3. The third kappa shape index (κ3) is 6.94. The topological polar surface area (TPSA) is 86.8 Å². The van der Waals surface area contributed by atoms with E-state index in [4.69, 9.17) is 11.6 Å². The Kier molecular flexibility index (Phi) is 9.94. The molecule has 1 atom stereocenters. The predicted octanol–water partition coefficient (Wildman–Crippen LogP) is 5.10. The number of anilines is 1. The molecule has 0 bridgehead atoms. The molecule has 0 heterocycles. The maximum atomic E-state index is 14.0. The molecule has 0 aliphatic rings. The molecular weight excluding hydrogens is 522 g/mol. The first-order valence-electron chi connectivity index (χ1n) is 12.5. The average molecular weight is 556 g/mol. The molecule has 0 saturated heterocycles. The minimum Gasteiger partial charge on any atom is -0.355 e. The molecule has 9 heteroatoms. The van der Waals surface area contributed by atoms with E-state index >= 15 is 0 Å². The number of carbonyl (C=O) groups is 2. The largest absolute Gasteiger partial charge is 0.355 e. The average Bonchev–Trinajstić information content (AvgIpc) is 2.89. The second kappa shape index (κ2) is 12.9. The molecule has 0 aliphatic heterocycles. The van der Waals surface area contributed by atoms with Crippen LogP contribution in [0.1, 0.15) is 37.0 Å². The highest BCUT2D eigenvalue weighted by atomic mass is 35.5. The van der Waals surface area contributed by atoms with Crippen molar-refractivity contribution in [2.45, 2.75) is 51.6 Å². The SMILES string of the molecule is CCNC(=O)C(CC)N(Cc1ccc(C)cc1)C(=O)CN(c1ccc(Cl)cc1C)S(=O)(=O)c1ccccc1. The fourth-order valence-electron chi connectivity index (χ4n) is 4.23. The molecule has 0 spiro atoms. The lowest BCUT2D eigenvalue weighted by Gasteiger charge is -2.33. The number of amides is 2. The minimum atomic E-state index is -4.12. The first-order chi connectivity index (χ1) is 18.1. The quantitative estimate of drug-likeness (QED) is 0.357. The normalized spacial score (nSPS) is 12.0. The Morgan fingerprint density at radius 2 is 1.61 bits per heavy atom. The van der Waals surface area contributed by atoms with Crippen LogP contribution < -0.4 is 9.62 Å². The molecule has 7 nitrogen and oxygen atoms in total. The molecule has 0 fully saturated rings. The molecule has 3 aromatic rings. The molecule has 0 aromatic heterocycles. The molecule has 1 N–H and O–H groups in total. The van der Waals surface area contributed by atoms with E-state index in [1.165, 1.54) is 17.0 Å². The Morgan fingerprint density at radius 1 is 0.947 bits per heavy atom. The highest BCUT2D eigenvalue weighted by molar-refractivity contribution is 7.92. The number of hydrogen-bond donors (Lipinski definition) is 1. The van der Waals surface area contributed by atoms with Crippen molar-refractivity contribution in [3.05, 3.63) is 94.5 Å². The van der Waals surface area contributed by atoms with Gasteiger partial charge in [-0.3, -0.25) is 13.9 Å². The van der Waals surface area contributed by atoms with E-state index in [0.717, 1.165) is 15.4 Å². The third-order valence-electron chi connectivity index (χ3n) is 6.25. The number of nitrogens with one attached hydrogen (secondary N) is 1. The Labute approximate surface area is 230 Å². The van der Waals surface area contributed by atoms with Crippen molar-refractivity contribution in [1.82, 2.24) is 10.2 Å². The summed E-state index contributed by atoms with van der Waals surface area (Å²) in [5, 5.41) is 3.26. The lowest BCUT2D eigenvalue weighted by molar-refractivity contribution is -0.140. The summed E-state index contributed by atoms with van der Waals surface area (Å²) in [7, 11) is -4.12. The molecule has 3 rings (SSSR count). The summed E-state index contributed by atoms with van der Waals surface area (Å²) in [6.45, 7) is 7.45. The summed E-state index contributed by atoms with van der Waals surface area (Å²) in [5.74, 6) is -0.770. The van der Waals surface area contributed by atoms with Gasteiger partial charge in [-0.2, -0.15) is 0 Å². The maximum absolute atomic E-state index is 14.0. The number of likely N-dealkylation sites (N-methyl/N-ethyl adjacent to an activating group) is 1. The van der Waals surface area contributed by atoms with Crippen molar-refractivity contribution in [1.29, 1.82) is 0 Å². The number of sulfonamides is 1. The number of carbonyl (C=O) groups excluding carboxylic acids is 2. The summed E-state index contributed by atoms with van der Waals surface area (Å²) >= 11 is 6.15. The van der Waals surface area contributed by atoms with Crippen LogP contribution >= 0.6 is 11.6 Å². The summed E-state index contributed by atoms with van der Waals surface area (Å²) in [6, 6.07) is 19.7. The summed E-state index contributed by atoms with van der Waals surface area (Å²) in [4.78, 5) is 28.5. The predicted molar refractivity (Wildman–Crippen MR) is 152 cm³/mol. The zero-order valence-electron chi connectivity index (χ0n) is 22.1. The van der Waals surface area contributed by atoms with E-state index in [0.29, 0.717) is 29.2 Å². The number of rotatable bonds is 11. The summed E-state index contributed by atoms with van der Waals surface area (Å²) in [6.07, 6.45) is 0.370. The first kappa shape index (κ1) is 29.2. The lowest BCUT2D eigenvalue weighted by Crippen LogP contribution is -2.52. The van der Waals surface area contributed by atoms with Gasteiger partial charge in [-0.15, -0.1) is 0 Å². The highest BCUT2D eigenvalue weighted by Gasteiger charge is 2.34. The highest BCUT2D eigenvalue weighted by Crippen LogP contribution is 2.29. The maximum Gasteiger partial charge on any atom is 0.264 e. The van der Waals surface area contributed by atoms with Gasteiger partial charge in [0, 0.05) is 18.1 Å². The fourth-order valence-corrected chi connectivity index (χ4v) is 5.96. The number of nitrogens with zero attached hydrogens (tertiary/aromatic N) is 2. The van der Waals surface area contributed by atoms with Crippen LogP contribution in [0.3, 0.4) is 0 Å². The van der Waals surface area contributed by atoms with Crippen molar-refractivity contribution in [3.63, 3.8) is 0 Å². The van der Waals surface area contributed by atoms with Gasteiger partial charge < -0.3 is 10.2 Å². The second-order valence-electron chi connectivity index (χ2n) is 9.08. The number of hydrogen-bond acceptors (Lipinski definition) is 4. The van der Waals surface area contributed by atoms with Gasteiger partial charge in [-0.25, -0.2) is 8.42 Å². The smallest absolute Gasteiger partial charge is 0.264 e. The molecule has 2 amide bonds. The van der Waals surface area contributed by atoms with Crippen LogP contribution in [0.25, 0.3) is 0 Å². The monoisotopic (exact) mass is 555 g/mol. The first-order valence-corrected chi connectivity index (χ1v) is 14.4. The zero-order chi connectivity index (χ0) is 27.9. The van der Waals surface area contributed by atoms with Crippen molar-refractivity contribution in [2.24, 2.45) is 0 Å². The summed E-state index contributed by atoms with van der Waals surface area (Å²) in [5.41, 5.74) is 2.85. The molecule has 1 unspecified atom stereocenters. The van der Waals surface area contributed by atoms with E-state index in [-0.39, 0.29) is 17.3 Å². The van der Waals surface area contributed by atoms with Crippen molar-refractivity contribution in [3.8, 4) is 0 Å². The van der Waals surface area contributed by atoms with Gasteiger partial charge in [0.2, 0.25) is 11.8 Å². The van der Waals surface area contributed by atoms with Crippen molar-refractivity contribution >= 4 is 39.1 Å². The van der Waals surface area contributed by atoms with Gasteiger partial charge in [-0.1, -0.05) is 66.6 Å². The Balaban J connectivity index is 2.08. The molecule has 202 valence electrons. The molecule has 0 aliphatic carbocycles. The lowest BCUT2D eigenvalue weighted by atomic mass is 10.1. The zero-order valence-corrected chi connectivity index (χ0v) is 23.7. The van der Waals surface area contributed by atoms with Crippen molar-refractivity contribution < 1.29 is 18.0 Å². The minimum absolute atomic E-state index is 0.0583. The second-order valence-corrected chi connectivity index (χ2v) is 11.4. The van der Waals surface area contributed by atoms with Gasteiger partial charge >= 0.3 is 0 Å². The number of halogens is 1. The van der Waals surface area contributed by atoms with E-state index in [2.05, 4.69) is 5.32 Å². The van der Waals surface area contributed by atoms with E-state index < -0.39 is 28.5 Å². The van der Waals surface area contributed by atoms with Crippen molar-refractivity contribution in [2.75, 3.05) is 17.4 Å². The fraction of sp³-hybridized carbons (Fsp3) is 0.310. The Bertz CT molecular complexity index is 1360. The summed E-state index contributed by atoms with van der Waals surface area (Å²) < 4.78 is 28.8. The van der Waals surface area contributed by atoms with Crippen LogP contribution in [0.4, 0.5) is 5.69 Å². The number of aryl methyl sites for hydroxylation is 2. The van der Waals surface area contributed by atoms with Crippen LogP contribution in [0.15, 0.2) is 77.7 Å². The molecule has 3 aromatic carbocycles. The van der Waals surface area contributed by atoms with Gasteiger partial charge in [0.05, 0.1) is 10.6 Å². The molecule has 0 saturated carbocycles. The van der Waals surface area contributed by atoms with Gasteiger partial charge in [-0.05, 0) is 68.7 Å². The van der Waals surface area contributed by atoms with E-state index in [1.54, 1.807) is 43.3 Å². The Morgan fingerprint density at radius 3 is 2.18 bits per heavy atom. The van der Waals surface area contributed by atoms with E-state index in [1.807, 2.05) is 45.0 Å². The van der Waals surface area contributed by atoms with Crippen LogP contribution in [0.5, 0.6) is 0 Å². The Hall–Kier alpha value is -3.36. The van der Waals surface area contributed by atoms with Gasteiger partial charge in [0.1, 0.15) is 12.6 Å².